The Morgan fingerprint density at radius 2 is 1.90 bits per heavy atom. The van der Waals surface area contributed by atoms with Gasteiger partial charge in [-0.25, -0.2) is 0 Å². The summed E-state index contributed by atoms with van der Waals surface area (Å²) >= 11 is 0. The molecule has 1 aliphatic carbocycles. The standard InChI is InChI=1S/C17H31N3O/c1-2-14-5-3-6-15(13-14)20-10-4-7-16(20)17(21)19-11-8-18-9-12-19/h14-16,18H,2-13H2,1H3. The summed E-state index contributed by atoms with van der Waals surface area (Å²) in [6, 6.07) is 0.853. The maximum Gasteiger partial charge on any atom is 0.240 e. The third-order valence-corrected chi connectivity index (χ3v) is 5.81. The second-order valence-corrected chi connectivity index (χ2v) is 7.07. The summed E-state index contributed by atoms with van der Waals surface area (Å²) in [5.41, 5.74) is 0. The van der Waals surface area contributed by atoms with Crippen LogP contribution in [0.5, 0.6) is 0 Å². The molecule has 0 aromatic carbocycles. The molecule has 21 heavy (non-hydrogen) atoms. The number of rotatable bonds is 3. The number of likely N-dealkylation sites (tertiary alicyclic amines) is 1. The normalized spacial score (nSPS) is 35.1. The molecule has 0 aromatic rings. The fourth-order valence-electron chi connectivity index (χ4n) is 4.52. The molecule has 0 bridgehead atoms. The minimum atomic E-state index is 0.184. The van der Waals surface area contributed by atoms with E-state index in [-0.39, 0.29) is 6.04 Å². The quantitative estimate of drug-likeness (QED) is 0.862. The summed E-state index contributed by atoms with van der Waals surface area (Å²) in [5.74, 6) is 1.30. The Balaban J connectivity index is 1.62. The van der Waals surface area contributed by atoms with E-state index in [2.05, 4.69) is 22.0 Å². The zero-order valence-corrected chi connectivity index (χ0v) is 13.5. The van der Waals surface area contributed by atoms with Gasteiger partial charge in [-0.2, -0.15) is 0 Å². The fourth-order valence-corrected chi connectivity index (χ4v) is 4.52. The number of carbonyl (C=O) groups excluding carboxylic acids is 1. The molecule has 4 heteroatoms. The molecule has 3 unspecified atom stereocenters. The van der Waals surface area contributed by atoms with Crippen molar-refractivity contribution in [3.05, 3.63) is 0 Å². The molecular weight excluding hydrogens is 262 g/mol. The smallest absolute Gasteiger partial charge is 0.240 e. The van der Waals surface area contributed by atoms with Crippen molar-refractivity contribution < 1.29 is 4.79 Å². The monoisotopic (exact) mass is 293 g/mol. The summed E-state index contributed by atoms with van der Waals surface area (Å²) in [6.45, 7) is 7.17. The van der Waals surface area contributed by atoms with Crippen molar-refractivity contribution in [2.75, 3.05) is 32.7 Å². The van der Waals surface area contributed by atoms with Crippen LogP contribution in [0.1, 0.15) is 51.9 Å². The van der Waals surface area contributed by atoms with E-state index in [0.29, 0.717) is 11.9 Å². The van der Waals surface area contributed by atoms with Crippen molar-refractivity contribution in [3.63, 3.8) is 0 Å². The lowest BCUT2D eigenvalue weighted by molar-refractivity contribution is -0.137. The minimum Gasteiger partial charge on any atom is -0.339 e. The predicted molar refractivity (Wildman–Crippen MR) is 85.2 cm³/mol. The first kappa shape index (κ1) is 15.3. The average molecular weight is 293 g/mol. The summed E-state index contributed by atoms with van der Waals surface area (Å²) in [4.78, 5) is 17.5. The number of piperazine rings is 1. The van der Waals surface area contributed by atoms with Gasteiger partial charge < -0.3 is 10.2 Å². The first-order valence-electron chi connectivity index (χ1n) is 9.05. The number of hydrogen-bond acceptors (Lipinski definition) is 3. The van der Waals surface area contributed by atoms with Crippen molar-refractivity contribution in [2.45, 2.75) is 64.0 Å². The molecule has 2 aliphatic heterocycles. The van der Waals surface area contributed by atoms with Gasteiger partial charge >= 0.3 is 0 Å². The summed E-state index contributed by atoms with van der Waals surface area (Å²) in [6.07, 6.45) is 8.97. The van der Waals surface area contributed by atoms with Gasteiger partial charge in [0.2, 0.25) is 5.91 Å². The number of nitrogens with zero attached hydrogens (tertiary/aromatic N) is 2. The second kappa shape index (κ2) is 7.10. The van der Waals surface area contributed by atoms with E-state index in [0.717, 1.165) is 45.1 Å². The third-order valence-electron chi connectivity index (χ3n) is 5.81. The molecule has 3 atom stereocenters. The van der Waals surface area contributed by atoms with E-state index in [9.17, 15) is 4.79 Å². The van der Waals surface area contributed by atoms with Crippen molar-refractivity contribution >= 4 is 5.91 Å². The molecule has 1 N–H and O–H groups in total. The highest BCUT2D eigenvalue weighted by molar-refractivity contribution is 5.82. The lowest BCUT2D eigenvalue weighted by Crippen LogP contribution is -2.54. The average Bonchev–Trinajstić information content (AvgIpc) is 3.04. The van der Waals surface area contributed by atoms with Gasteiger partial charge in [0, 0.05) is 32.2 Å². The Bertz CT molecular complexity index is 354. The third kappa shape index (κ3) is 3.42. The Labute approximate surface area is 129 Å². The Morgan fingerprint density at radius 3 is 2.67 bits per heavy atom. The summed E-state index contributed by atoms with van der Waals surface area (Å²) < 4.78 is 0. The Hall–Kier alpha value is -0.610. The second-order valence-electron chi connectivity index (χ2n) is 7.07. The van der Waals surface area contributed by atoms with E-state index >= 15 is 0 Å². The highest BCUT2D eigenvalue weighted by Crippen LogP contribution is 2.34. The maximum absolute atomic E-state index is 12.9. The molecule has 3 fully saturated rings. The van der Waals surface area contributed by atoms with Gasteiger partial charge in [-0.1, -0.05) is 26.2 Å². The molecular formula is C17H31N3O. The molecule has 2 heterocycles. The number of carbonyl (C=O) groups is 1. The molecule has 0 spiro atoms. The van der Waals surface area contributed by atoms with E-state index in [1.807, 2.05) is 0 Å². The van der Waals surface area contributed by atoms with Gasteiger partial charge in [0.15, 0.2) is 0 Å². The molecule has 0 radical (unpaired) electrons. The molecule has 1 amide bonds. The van der Waals surface area contributed by atoms with Gasteiger partial charge in [0.25, 0.3) is 0 Å². The largest absolute Gasteiger partial charge is 0.339 e. The Morgan fingerprint density at radius 1 is 1.10 bits per heavy atom. The van der Waals surface area contributed by atoms with Crippen LogP contribution in [0, 0.1) is 5.92 Å². The van der Waals surface area contributed by atoms with Gasteiger partial charge in [-0.05, 0) is 38.1 Å². The van der Waals surface area contributed by atoms with E-state index < -0.39 is 0 Å². The number of amides is 1. The van der Waals surface area contributed by atoms with Crippen molar-refractivity contribution in [2.24, 2.45) is 5.92 Å². The van der Waals surface area contributed by atoms with E-state index in [4.69, 9.17) is 0 Å². The number of nitrogens with one attached hydrogen (secondary N) is 1. The van der Waals surface area contributed by atoms with Crippen molar-refractivity contribution in [1.29, 1.82) is 0 Å². The molecule has 1 saturated carbocycles. The van der Waals surface area contributed by atoms with E-state index in [1.165, 1.54) is 38.5 Å². The molecule has 0 aromatic heterocycles. The van der Waals surface area contributed by atoms with Crippen LogP contribution in [0.15, 0.2) is 0 Å². The van der Waals surface area contributed by atoms with Gasteiger partial charge in [-0.3, -0.25) is 9.69 Å². The van der Waals surface area contributed by atoms with Gasteiger partial charge in [0.1, 0.15) is 0 Å². The predicted octanol–water partition coefficient (Wildman–Crippen LogP) is 1.85. The van der Waals surface area contributed by atoms with Crippen molar-refractivity contribution in [3.8, 4) is 0 Å². The first-order valence-corrected chi connectivity index (χ1v) is 9.05. The van der Waals surface area contributed by atoms with Crippen LogP contribution in [0.2, 0.25) is 0 Å². The van der Waals surface area contributed by atoms with Gasteiger partial charge in [0.05, 0.1) is 6.04 Å². The lowest BCUT2D eigenvalue weighted by Gasteiger charge is -2.40. The highest BCUT2D eigenvalue weighted by Gasteiger charge is 2.38. The lowest BCUT2D eigenvalue weighted by atomic mass is 9.83. The zero-order chi connectivity index (χ0) is 14.7. The Kier molecular flexibility index (Phi) is 5.17. The summed E-state index contributed by atoms with van der Waals surface area (Å²) in [7, 11) is 0. The van der Waals surface area contributed by atoms with Gasteiger partial charge in [-0.15, -0.1) is 0 Å². The molecule has 120 valence electrons. The first-order chi connectivity index (χ1) is 10.3. The van der Waals surface area contributed by atoms with Crippen LogP contribution in [0.25, 0.3) is 0 Å². The SMILES string of the molecule is CCC1CCCC(N2CCCC2C(=O)N2CCNCC2)C1. The van der Waals surface area contributed by atoms with Crippen LogP contribution in [-0.4, -0.2) is 60.5 Å². The molecule has 2 saturated heterocycles. The minimum absolute atomic E-state index is 0.184. The summed E-state index contributed by atoms with van der Waals surface area (Å²) in [5, 5.41) is 3.34. The van der Waals surface area contributed by atoms with Crippen LogP contribution in [0.4, 0.5) is 0 Å². The van der Waals surface area contributed by atoms with Crippen molar-refractivity contribution in [1.82, 2.24) is 15.1 Å². The zero-order valence-electron chi connectivity index (χ0n) is 13.5. The topological polar surface area (TPSA) is 35.6 Å². The van der Waals surface area contributed by atoms with E-state index in [1.54, 1.807) is 0 Å². The maximum atomic E-state index is 12.9. The van der Waals surface area contributed by atoms with Crippen LogP contribution >= 0.6 is 0 Å². The highest BCUT2D eigenvalue weighted by atomic mass is 16.2. The van der Waals surface area contributed by atoms with Crippen LogP contribution in [-0.2, 0) is 4.79 Å². The number of hydrogen-bond donors (Lipinski definition) is 1. The molecule has 3 aliphatic rings. The molecule has 4 nitrogen and oxygen atoms in total. The fraction of sp³-hybridized carbons (Fsp3) is 0.941. The van der Waals surface area contributed by atoms with Crippen LogP contribution < -0.4 is 5.32 Å². The molecule has 3 rings (SSSR count). The van der Waals surface area contributed by atoms with Crippen LogP contribution in [0.3, 0.4) is 0 Å².